The zero-order chi connectivity index (χ0) is 16.1. The molecular formula is C16H36N2O3. The SMILES string of the molecule is CC(C)N(C)CCOCCOCCOCCN(C)C(C)C. The molecule has 0 heterocycles. The molecule has 0 aromatic heterocycles. The fourth-order valence-corrected chi connectivity index (χ4v) is 1.48. The standard InChI is InChI=1S/C16H36N2O3/c1-15(2)17(5)7-9-19-11-13-21-14-12-20-10-8-18(6)16(3)4/h15-16H,7-14H2,1-6H3. The lowest BCUT2D eigenvalue weighted by molar-refractivity contribution is 0.00705. The fraction of sp³-hybridized carbons (Fsp3) is 1.00. The van der Waals surface area contributed by atoms with E-state index >= 15 is 0 Å². The van der Waals surface area contributed by atoms with Gasteiger partial charge in [0.25, 0.3) is 0 Å². The quantitative estimate of drug-likeness (QED) is 0.457. The van der Waals surface area contributed by atoms with Crippen LogP contribution in [0.5, 0.6) is 0 Å². The number of rotatable bonds is 14. The van der Waals surface area contributed by atoms with Crippen molar-refractivity contribution < 1.29 is 14.2 Å². The zero-order valence-electron chi connectivity index (χ0n) is 14.9. The molecule has 0 radical (unpaired) electrons. The van der Waals surface area contributed by atoms with E-state index in [-0.39, 0.29) is 0 Å². The predicted octanol–water partition coefficient (Wildman–Crippen LogP) is 1.72. The van der Waals surface area contributed by atoms with Crippen molar-refractivity contribution in [2.75, 3.05) is 66.8 Å². The van der Waals surface area contributed by atoms with Gasteiger partial charge >= 0.3 is 0 Å². The molecule has 0 aromatic carbocycles. The van der Waals surface area contributed by atoms with Crippen LogP contribution in [0, 0.1) is 0 Å². The van der Waals surface area contributed by atoms with E-state index < -0.39 is 0 Å². The van der Waals surface area contributed by atoms with Gasteiger partial charge in [0.1, 0.15) is 0 Å². The summed E-state index contributed by atoms with van der Waals surface area (Å²) in [5.74, 6) is 0. The summed E-state index contributed by atoms with van der Waals surface area (Å²) in [7, 11) is 4.22. The van der Waals surface area contributed by atoms with E-state index in [2.05, 4.69) is 51.6 Å². The van der Waals surface area contributed by atoms with Gasteiger partial charge in [-0.15, -0.1) is 0 Å². The molecule has 0 rings (SSSR count). The molecule has 0 bridgehead atoms. The Morgan fingerprint density at radius 1 is 0.571 bits per heavy atom. The van der Waals surface area contributed by atoms with E-state index in [0.717, 1.165) is 26.3 Å². The summed E-state index contributed by atoms with van der Waals surface area (Å²) in [5, 5.41) is 0. The second-order valence-electron chi connectivity index (χ2n) is 5.99. The summed E-state index contributed by atoms with van der Waals surface area (Å²) in [5.41, 5.74) is 0. The van der Waals surface area contributed by atoms with Gasteiger partial charge in [0.2, 0.25) is 0 Å². The van der Waals surface area contributed by atoms with Gasteiger partial charge < -0.3 is 24.0 Å². The highest BCUT2D eigenvalue weighted by molar-refractivity contribution is 4.56. The number of hydrogen-bond acceptors (Lipinski definition) is 5. The molecule has 128 valence electrons. The monoisotopic (exact) mass is 304 g/mol. The molecule has 0 saturated carbocycles. The van der Waals surface area contributed by atoms with Crippen LogP contribution in [0.4, 0.5) is 0 Å². The Morgan fingerprint density at radius 2 is 0.857 bits per heavy atom. The molecule has 0 aliphatic heterocycles. The predicted molar refractivity (Wildman–Crippen MR) is 88.0 cm³/mol. The Hall–Kier alpha value is -0.200. The summed E-state index contributed by atoms with van der Waals surface area (Å²) in [4.78, 5) is 4.53. The number of nitrogens with zero attached hydrogens (tertiary/aromatic N) is 2. The van der Waals surface area contributed by atoms with Gasteiger partial charge in [-0.2, -0.15) is 0 Å². The molecule has 0 fully saturated rings. The fourth-order valence-electron chi connectivity index (χ4n) is 1.48. The first-order valence-electron chi connectivity index (χ1n) is 8.08. The third-order valence-corrected chi connectivity index (χ3v) is 3.68. The molecule has 0 amide bonds. The van der Waals surface area contributed by atoms with Crippen LogP contribution < -0.4 is 0 Å². The third-order valence-electron chi connectivity index (χ3n) is 3.68. The Balaban J connectivity index is 3.16. The van der Waals surface area contributed by atoms with Gasteiger partial charge in [0.05, 0.1) is 39.6 Å². The average Bonchev–Trinajstić information content (AvgIpc) is 2.43. The molecule has 21 heavy (non-hydrogen) atoms. The van der Waals surface area contributed by atoms with Crippen molar-refractivity contribution in [2.45, 2.75) is 39.8 Å². The van der Waals surface area contributed by atoms with Crippen molar-refractivity contribution >= 4 is 0 Å². The molecular weight excluding hydrogens is 268 g/mol. The minimum Gasteiger partial charge on any atom is -0.378 e. The van der Waals surface area contributed by atoms with Crippen molar-refractivity contribution in [1.82, 2.24) is 9.80 Å². The lowest BCUT2D eigenvalue weighted by Crippen LogP contribution is -2.30. The van der Waals surface area contributed by atoms with Crippen LogP contribution >= 0.6 is 0 Å². The summed E-state index contributed by atoms with van der Waals surface area (Å²) < 4.78 is 16.5. The minimum atomic E-state index is 0.566. The van der Waals surface area contributed by atoms with Gasteiger partial charge in [0.15, 0.2) is 0 Å². The second kappa shape index (κ2) is 13.5. The van der Waals surface area contributed by atoms with Crippen molar-refractivity contribution in [3.63, 3.8) is 0 Å². The van der Waals surface area contributed by atoms with Crippen molar-refractivity contribution in [3.05, 3.63) is 0 Å². The minimum absolute atomic E-state index is 0.566. The average molecular weight is 304 g/mol. The Morgan fingerprint density at radius 3 is 1.14 bits per heavy atom. The Bertz CT molecular complexity index is 204. The number of hydrogen-bond donors (Lipinski definition) is 0. The topological polar surface area (TPSA) is 34.2 Å². The van der Waals surface area contributed by atoms with Crippen LogP contribution in [0.2, 0.25) is 0 Å². The molecule has 0 saturated heterocycles. The van der Waals surface area contributed by atoms with Crippen LogP contribution in [0.1, 0.15) is 27.7 Å². The zero-order valence-corrected chi connectivity index (χ0v) is 14.9. The van der Waals surface area contributed by atoms with E-state index in [1.807, 2.05) is 0 Å². The van der Waals surface area contributed by atoms with Crippen LogP contribution in [0.3, 0.4) is 0 Å². The maximum absolute atomic E-state index is 5.53. The Labute approximate surface area is 131 Å². The molecule has 5 nitrogen and oxygen atoms in total. The van der Waals surface area contributed by atoms with Gasteiger partial charge in [-0.1, -0.05) is 0 Å². The van der Waals surface area contributed by atoms with Gasteiger partial charge in [-0.3, -0.25) is 0 Å². The lowest BCUT2D eigenvalue weighted by atomic mass is 10.3. The van der Waals surface area contributed by atoms with Gasteiger partial charge in [0, 0.05) is 25.2 Å². The normalized spacial score (nSPS) is 12.3. The molecule has 0 N–H and O–H groups in total. The van der Waals surface area contributed by atoms with E-state index in [1.165, 1.54) is 0 Å². The van der Waals surface area contributed by atoms with E-state index in [4.69, 9.17) is 14.2 Å². The first-order chi connectivity index (χ1) is 9.95. The first kappa shape index (κ1) is 20.8. The van der Waals surface area contributed by atoms with Crippen molar-refractivity contribution in [1.29, 1.82) is 0 Å². The highest BCUT2D eigenvalue weighted by Crippen LogP contribution is 1.93. The van der Waals surface area contributed by atoms with E-state index in [0.29, 0.717) is 38.5 Å². The van der Waals surface area contributed by atoms with E-state index in [1.54, 1.807) is 0 Å². The van der Waals surface area contributed by atoms with Crippen LogP contribution in [-0.4, -0.2) is 88.7 Å². The summed E-state index contributed by atoms with van der Waals surface area (Å²) in [6, 6.07) is 1.13. The van der Waals surface area contributed by atoms with Crippen LogP contribution in [0.25, 0.3) is 0 Å². The molecule has 0 unspecified atom stereocenters. The molecule has 0 aromatic rings. The molecule has 5 heteroatoms. The number of ether oxygens (including phenoxy) is 3. The van der Waals surface area contributed by atoms with Crippen molar-refractivity contribution in [3.8, 4) is 0 Å². The summed E-state index contributed by atoms with van der Waals surface area (Å²) in [6.45, 7) is 14.8. The first-order valence-corrected chi connectivity index (χ1v) is 8.08. The molecule has 0 aliphatic rings. The second-order valence-corrected chi connectivity index (χ2v) is 5.99. The highest BCUT2D eigenvalue weighted by Gasteiger charge is 2.02. The van der Waals surface area contributed by atoms with Crippen LogP contribution in [0.15, 0.2) is 0 Å². The van der Waals surface area contributed by atoms with Crippen LogP contribution in [-0.2, 0) is 14.2 Å². The smallest absolute Gasteiger partial charge is 0.0701 e. The highest BCUT2D eigenvalue weighted by atomic mass is 16.5. The third kappa shape index (κ3) is 13.2. The van der Waals surface area contributed by atoms with Gasteiger partial charge in [-0.05, 0) is 41.8 Å². The lowest BCUT2D eigenvalue weighted by Gasteiger charge is -2.20. The maximum atomic E-state index is 5.53. The van der Waals surface area contributed by atoms with Gasteiger partial charge in [-0.25, -0.2) is 0 Å². The summed E-state index contributed by atoms with van der Waals surface area (Å²) in [6.07, 6.45) is 0. The number of likely N-dealkylation sites (N-methyl/N-ethyl adjacent to an activating group) is 2. The largest absolute Gasteiger partial charge is 0.378 e. The summed E-state index contributed by atoms with van der Waals surface area (Å²) >= 11 is 0. The van der Waals surface area contributed by atoms with E-state index in [9.17, 15) is 0 Å². The van der Waals surface area contributed by atoms with Crippen molar-refractivity contribution in [2.24, 2.45) is 0 Å². The Kier molecular flexibility index (Phi) is 13.3. The molecule has 0 aliphatic carbocycles. The maximum Gasteiger partial charge on any atom is 0.0701 e. The molecule has 0 spiro atoms. The molecule has 0 atom stereocenters.